The van der Waals surface area contributed by atoms with E-state index in [1.165, 1.54) is 0 Å². The number of aryl methyl sites for hydroxylation is 1. The summed E-state index contributed by atoms with van der Waals surface area (Å²) in [5, 5.41) is 4.31. The monoisotopic (exact) mass is 421 g/mol. The highest BCUT2D eigenvalue weighted by Crippen LogP contribution is 2.29. The molecule has 0 atom stereocenters. The summed E-state index contributed by atoms with van der Waals surface area (Å²) in [7, 11) is 0. The molecule has 106 valence electrons. The van der Waals surface area contributed by atoms with Crippen LogP contribution in [0.1, 0.15) is 19.5 Å². The van der Waals surface area contributed by atoms with Crippen LogP contribution in [0.15, 0.2) is 18.2 Å². The van der Waals surface area contributed by atoms with Crippen LogP contribution >= 0.6 is 45.8 Å². The van der Waals surface area contributed by atoms with Gasteiger partial charge in [-0.05, 0) is 54.1 Å². The minimum absolute atomic E-state index is 0.509. The van der Waals surface area contributed by atoms with Crippen LogP contribution in [0.5, 0.6) is 0 Å². The first-order chi connectivity index (χ1) is 9.56. The lowest BCUT2D eigenvalue weighted by molar-refractivity contribution is 0.982. The normalized spacial score (nSPS) is 10.7. The van der Waals surface area contributed by atoms with Crippen LogP contribution in [-0.2, 0) is 6.42 Å². The van der Waals surface area contributed by atoms with Gasteiger partial charge in [-0.15, -0.1) is 0 Å². The Balaban J connectivity index is 2.55. The Morgan fingerprint density at radius 3 is 2.50 bits per heavy atom. The molecule has 0 saturated heterocycles. The van der Waals surface area contributed by atoms with E-state index in [2.05, 4.69) is 44.8 Å². The highest BCUT2D eigenvalue weighted by Gasteiger charge is 2.12. The fourth-order valence-electron chi connectivity index (χ4n) is 1.78. The molecule has 0 aliphatic rings. The van der Waals surface area contributed by atoms with E-state index in [4.69, 9.17) is 23.2 Å². The van der Waals surface area contributed by atoms with Crippen LogP contribution in [0.25, 0.3) is 11.4 Å². The molecule has 1 aromatic heterocycles. The van der Waals surface area contributed by atoms with E-state index in [9.17, 15) is 0 Å². The summed E-state index contributed by atoms with van der Waals surface area (Å²) in [5.74, 6) is 1.53. The SMILES string of the molecule is CCNc1nc(-c2ccc(Cl)c(Cl)c2)nc(CC)c1I. The summed E-state index contributed by atoms with van der Waals surface area (Å²) >= 11 is 14.3. The molecule has 0 aliphatic heterocycles. The number of nitrogens with one attached hydrogen (secondary N) is 1. The molecule has 0 aliphatic carbocycles. The van der Waals surface area contributed by atoms with Crippen LogP contribution in [0, 0.1) is 3.57 Å². The van der Waals surface area contributed by atoms with E-state index in [-0.39, 0.29) is 0 Å². The van der Waals surface area contributed by atoms with Gasteiger partial charge in [0, 0.05) is 12.1 Å². The van der Waals surface area contributed by atoms with Crippen LogP contribution in [-0.4, -0.2) is 16.5 Å². The van der Waals surface area contributed by atoms with Gasteiger partial charge in [-0.25, -0.2) is 9.97 Å². The second-order valence-corrected chi connectivity index (χ2v) is 6.06. The molecular weight excluding hydrogens is 408 g/mol. The van der Waals surface area contributed by atoms with Crippen molar-refractivity contribution in [3.8, 4) is 11.4 Å². The zero-order chi connectivity index (χ0) is 14.7. The summed E-state index contributed by atoms with van der Waals surface area (Å²) in [5.41, 5.74) is 1.89. The molecule has 2 rings (SSSR count). The molecule has 3 nitrogen and oxygen atoms in total. The first-order valence-corrected chi connectivity index (χ1v) is 8.16. The van der Waals surface area contributed by atoms with Gasteiger partial charge in [0.25, 0.3) is 0 Å². The lowest BCUT2D eigenvalue weighted by atomic mass is 10.2. The van der Waals surface area contributed by atoms with Crippen molar-refractivity contribution in [2.75, 3.05) is 11.9 Å². The average Bonchev–Trinajstić information content (AvgIpc) is 2.44. The summed E-state index contributed by atoms with van der Waals surface area (Å²) in [6.07, 6.45) is 0.855. The third kappa shape index (κ3) is 3.35. The Labute approximate surface area is 142 Å². The summed E-state index contributed by atoms with van der Waals surface area (Å²) < 4.78 is 1.07. The number of halogens is 3. The molecule has 0 radical (unpaired) electrons. The molecule has 1 aromatic carbocycles. The van der Waals surface area contributed by atoms with E-state index in [1.807, 2.05) is 13.0 Å². The largest absolute Gasteiger partial charge is 0.369 e. The Hall–Kier alpha value is -0.590. The highest BCUT2D eigenvalue weighted by atomic mass is 127. The van der Waals surface area contributed by atoms with Gasteiger partial charge in [0.05, 0.1) is 19.3 Å². The quantitative estimate of drug-likeness (QED) is 0.702. The minimum atomic E-state index is 0.509. The molecule has 0 unspecified atom stereocenters. The van der Waals surface area contributed by atoms with Crippen molar-refractivity contribution in [2.24, 2.45) is 0 Å². The van der Waals surface area contributed by atoms with E-state index in [1.54, 1.807) is 12.1 Å². The molecule has 2 aromatic rings. The number of aromatic nitrogens is 2. The van der Waals surface area contributed by atoms with Crippen LogP contribution in [0.4, 0.5) is 5.82 Å². The van der Waals surface area contributed by atoms with Crippen LogP contribution in [0.3, 0.4) is 0 Å². The predicted molar refractivity (Wildman–Crippen MR) is 93.7 cm³/mol. The maximum Gasteiger partial charge on any atom is 0.161 e. The zero-order valence-corrected chi connectivity index (χ0v) is 14.8. The topological polar surface area (TPSA) is 37.8 Å². The van der Waals surface area contributed by atoms with Crippen molar-refractivity contribution >= 4 is 51.6 Å². The van der Waals surface area contributed by atoms with Gasteiger partial charge in [-0.2, -0.15) is 0 Å². The number of rotatable bonds is 4. The number of anilines is 1. The van der Waals surface area contributed by atoms with Crippen molar-refractivity contribution in [2.45, 2.75) is 20.3 Å². The molecule has 6 heteroatoms. The fourth-order valence-corrected chi connectivity index (χ4v) is 2.89. The third-order valence-electron chi connectivity index (χ3n) is 2.78. The van der Waals surface area contributed by atoms with E-state index >= 15 is 0 Å². The molecule has 1 N–H and O–H groups in total. The van der Waals surface area contributed by atoms with E-state index in [0.717, 1.165) is 33.6 Å². The maximum absolute atomic E-state index is 6.06. The summed E-state index contributed by atoms with van der Waals surface area (Å²) in [6, 6.07) is 5.44. The second-order valence-electron chi connectivity index (χ2n) is 4.17. The Bertz CT molecular complexity index is 632. The van der Waals surface area contributed by atoms with Gasteiger partial charge < -0.3 is 5.32 Å². The Morgan fingerprint density at radius 2 is 1.90 bits per heavy atom. The summed E-state index contributed by atoms with van der Waals surface area (Å²) in [4.78, 5) is 9.19. The lowest BCUT2D eigenvalue weighted by Gasteiger charge is -2.11. The standard InChI is InChI=1S/C14H14Cl2IN3/c1-3-11-12(17)14(18-4-2)20-13(19-11)8-5-6-9(15)10(16)7-8/h5-7H,3-4H2,1-2H3,(H,18,19,20). The minimum Gasteiger partial charge on any atom is -0.369 e. The average molecular weight is 422 g/mol. The highest BCUT2D eigenvalue weighted by molar-refractivity contribution is 14.1. The van der Waals surface area contributed by atoms with Gasteiger partial charge in [-0.1, -0.05) is 30.1 Å². The molecule has 20 heavy (non-hydrogen) atoms. The predicted octanol–water partition coefficient (Wildman–Crippen LogP) is 5.05. The first-order valence-electron chi connectivity index (χ1n) is 6.32. The van der Waals surface area contributed by atoms with Crippen molar-refractivity contribution in [3.05, 3.63) is 37.5 Å². The lowest BCUT2D eigenvalue weighted by Crippen LogP contribution is -2.07. The zero-order valence-electron chi connectivity index (χ0n) is 11.2. The molecule has 0 fully saturated rings. The number of nitrogens with zero attached hydrogens (tertiary/aromatic N) is 2. The van der Waals surface area contributed by atoms with Gasteiger partial charge in [0.15, 0.2) is 5.82 Å². The van der Waals surface area contributed by atoms with Gasteiger partial charge in [0.1, 0.15) is 5.82 Å². The molecule has 0 spiro atoms. The fraction of sp³-hybridized carbons (Fsp3) is 0.286. The maximum atomic E-state index is 6.06. The van der Waals surface area contributed by atoms with E-state index < -0.39 is 0 Å². The summed E-state index contributed by atoms with van der Waals surface area (Å²) in [6.45, 7) is 4.94. The van der Waals surface area contributed by atoms with Gasteiger partial charge >= 0.3 is 0 Å². The van der Waals surface area contributed by atoms with Gasteiger partial charge in [0.2, 0.25) is 0 Å². The molecule has 0 bridgehead atoms. The Kier molecular flexibility index (Phi) is 5.46. The molecular formula is C14H14Cl2IN3. The van der Waals surface area contributed by atoms with Crippen molar-refractivity contribution in [1.29, 1.82) is 0 Å². The van der Waals surface area contributed by atoms with E-state index in [0.29, 0.717) is 15.9 Å². The molecule has 1 heterocycles. The van der Waals surface area contributed by atoms with Crippen LogP contribution in [0.2, 0.25) is 10.0 Å². The number of hydrogen-bond acceptors (Lipinski definition) is 3. The molecule has 0 saturated carbocycles. The van der Waals surface area contributed by atoms with Crippen molar-refractivity contribution < 1.29 is 0 Å². The van der Waals surface area contributed by atoms with Crippen LogP contribution < -0.4 is 5.32 Å². The third-order valence-corrected chi connectivity index (χ3v) is 4.65. The first kappa shape index (κ1) is 15.8. The molecule has 0 amide bonds. The van der Waals surface area contributed by atoms with Crippen molar-refractivity contribution in [3.63, 3.8) is 0 Å². The number of benzene rings is 1. The van der Waals surface area contributed by atoms with Crippen molar-refractivity contribution in [1.82, 2.24) is 9.97 Å². The second kappa shape index (κ2) is 6.91. The Morgan fingerprint density at radius 1 is 1.15 bits per heavy atom. The number of hydrogen-bond donors (Lipinski definition) is 1. The van der Waals surface area contributed by atoms with Gasteiger partial charge in [-0.3, -0.25) is 0 Å². The smallest absolute Gasteiger partial charge is 0.161 e.